The van der Waals surface area contributed by atoms with E-state index in [1.165, 1.54) is 0 Å². The fourth-order valence-electron chi connectivity index (χ4n) is 1.74. The summed E-state index contributed by atoms with van der Waals surface area (Å²) in [6, 6.07) is 6.03. The minimum Gasteiger partial charge on any atom is -0.507 e. The predicted octanol–water partition coefficient (Wildman–Crippen LogP) is 2.70. The van der Waals surface area contributed by atoms with Crippen molar-refractivity contribution < 1.29 is 15.0 Å². The first-order chi connectivity index (χ1) is 8.41. The van der Waals surface area contributed by atoms with Gasteiger partial charge in [0.05, 0.1) is 0 Å². The second-order valence-electron chi connectivity index (χ2n) is 4.72. The Morgan fingerprint density at radius 2 is 1.94 bits per heavy atom. The molecule has 18 heavy (non-hydrogen) atoms. The summed E-state index contributed by atoms with van der Waals surface area (Å²) in [4.78, 5) is 15.3. The first-order valence-corrected chi connectivity index (χ1v) is 5.97. The van der Waals surface area contributed by atoms with Crippen molar-refractivity contribution in [2.75, 3.05) is 0 Å². The third-order valence-electron chi connectivity index (χ3n) is 2.62. The van der Waals surface area contributed by atoms with E-state index < -0.39 is 12.0 Å². The quantitative estimate of drug-likeness (QED) is 0.788. The zero-order valence-corrected chi connectivity index (χ0v) is 10.9. The van der Waals surface area contributed by atoms with E-state index in [2.05, 4.69) is 4.99 Å². The van der Waals surface area contributed by atoms with Crippen LogP contribution in [0.2, 0.25) is 0 Å². The average molecular weight is 249 g/mol. The van der Waals surface area contributed by atoms with Crippen LogP contribution >= 0.6 is 0 Å². The summed E-state index contributed by atoms with van der Waals surface area (Å²) in [7, 11) is 0. The van der Waals surface area contributed by atoms with Gasteiger partial charge >= 0.3 is 5.97 Å². The van der Waals surface area contributed by atoms with E-state index in [1.807, 2.05) is 13.8 Å². The van der Waals surface area contributed by atoms with E-state index in [0.29, 0.717) is 17.7 Å². The first kappa shape index (κ1) is 14.2. The molecular formula is C14H19NO3. The number of phenolic OH excluding ortho intramolecular Hbond substituents is 1. The van der Waals surface area contributed by atoms with E-state index in [1.54, 1.807) is 31.2 Å². The van der Waals surface area contributed by atoms with Crippen LogP contribution in [0.5, 0.6) is 5.75 Å². The van der Waals surface area contributed by atoms with Gasteiger partial charge in [0.1, 0.15) is 11.8 Å². The molecule has 4 heteroatoms. The summed E-state index contributed by atoms with van der Waals surface area (Å²) in [5.74, 6) is -0.557. The van der Waals surface area contributed by atoms with E-state index in [9.17, 15) is 9.90 Å². The molecule has 1 aromatic carbocycles. The number of phenols is 1. The molecule has 0 aliphatic heterocycles. The molecule has 4 nitrogen and oxygen atoms in total. The smallest absolute Gasteiger partial charge is 0.328 e. The average Bonchev–Trinajstić information content (AvgIpc) is 2.27. The summed E-state index contributed by atoms with van der Waals surface area (Å²) in [5.41, 5.74) is 1.12. The molecule has 1 unspecified atom stereocenters. The standard InChI is InChI=1S/C14H19NO3/c1-9(2)8-12(14(17)18)15-10(3)11-6-4-5-7-13(11)16/h4-7,9,12,16H,8H2,1-3H3,(H,17,18). The zero-order chi connectivity index (χ0) is 13.7. The molecule has 0 radical (unpaired) electrons. The number of benzene rings is 1. The molecule has 1 rings (SSSR count). The van der Waals surface area contributed by atoms with Crippen LogP contribution in [-0.2, 0) is 4.79 Å². The fourth-order valence-corrected chi connectivity index (χ4v) is 1.74. The van der Waals surface area contributed by atoms with Crippen molar-refractivity contribution in [3.8, 4) is 5.75 Å². The molecule has 0 amide bonds. The third-order valence-corrected chi connectivity index (χ3v) is 2.62. The minimum atomic E-state index is -0.932. The molecule has 0 spiro atoms. The highest BCUT2D eigenvalue weighted by Crippen LogP contribution is 2.18. The Kier molecular flexibility index (Phi) is 4.89. The number of aromatic hydroxyl groups is 1. The van der Waals surface area contributed by atoms with E-state index in [-0.39, 0.29) is 11.7 Å². The van der Waals surface area contributed by atoms with Crippen molar-refractivity contribution in [2.24, 2.45) is 10.9 Å². The topological polar surface area (TPSA) is 69.9 Å². The summed E-state index contributed by atoms with van der Waals surface area (Å²) >= 11 is 0. The third kappa shape index (κ3) is 3.87. The summed E-state index contributed by atoms with van der Waals surface area (Å²) in [6.07, 6.45) is 0.486. The van der Waals surface area contributed by atoms with Crippen molar-refractivity contribution in [3.63, 3.8) is 0 Å². The SMILES string of the molecule is CC(=NC(CC(C)C)C(=O)O)c1ccccc1O. The molecule has 98 valence electrons. The van der Waals surface area contributed by atoms with Gasteiger partial charge in [-0.15, -0.1) is 0 Å². The molecule has 0 heterocycles. The van der Waals surface area contributed by atoms with Crippen LogP contribution in [0.3, 0.4) is 0 Å². The van der Waals surface area contributed by atoms with Crippen molar-refractivity contribution in [2.45, 2.75) is 33.2 Å². The van der Waals surface area contributed by atoms with E-state index >= 15 is 0 Å². The Hall–Kier alpha value is -1.84. The van der Waals surface area contributed by atoms with Crippen LogP contribution in [0.4, 0.5) is 0 Å². The highest BCUT2D eigenvalue weighted by Gasteiger charge is 2.18. The second-order valence-corrected chi connectivity index (χ2v) is 4.72. The molecule has 1 aromatic rings. The second kappa shape index (κ2) is 6.19. The van der Waals surface area contributed by atoms with Gasteiger partial charge in [-0.25, -0.2) is 4.79 Å². The Morgan fingerprint density at radius 1 is 1.33 bits per heavy atom. The first-order valence-electron chi connectivity index (χ1n) is 5.97. The van der Waals surface area contributed by atoms with Crippen LogP contribution in [0.1, 0.15) is 32.8 Å². The maximum atomic E-state index is 11.1. The van der Waals surface area contributed by atoms with Crippen LogP contribution in [0.15, 0.2) is 29.3 Å². The lowest BCUT2D eigenvalue weighted by Gasteiger charge is -2.12. The Morgan fingerprint density at radius 3 is 2.44 bits per heavy atom. The molecule has 0 saturated heterocycles. The summed E-state index contributed by atoms with van der Waals surface area (Å²) < 4.78 is 0. The number of aliphatic carboxylic acids is 1. The van der Waals surface area contributed by atoms with Crippen LogP contribution in [0, 0.1) is 5.92 Å². The van der Waals surface area contributed by atoms with Crippen molar-refractivity contribution in [1.29, 1.82) is 0 Å². The minimum absolute atomic E-state index is 0.118. The number of nitrogens with zero attached hydrogens (tertiary/aromatic N) is 1. The van der Waals surface area contributed by atoms with Gasteiger partial charge in [0.15, 0.2) is 0 Å². The molecule has 1 atom stereocenters. The van der Waals surface area contributed by atoms with Crippen LogP contribution in [0.25, 0.3) is 0 Å². The largest absolute Gasteiger partial charge is 0.507 e. The summed E-state index contributed by atoms with van der Waals surface area (Å²) in [5, 5.41) is 18.8. The predicted molar refractivity (Wildman–Crippen MR) is 71.2 cm³/mol. The van der Waals surface area contributed by atoms with E-state index in [4.69, 9.17) is 5.11 Å². The van der Waals surface area contributed by atoms with Gasteiger partial charge in [0.25, 0.3) is 0 Å². The van der Waals surface area contributed by atoms with Crippen LogP contribution < -0.4 is 0 Å². The molecular weight excluding hydrogens is 230 g/mol. The van der Waals surface area contributed by atoms with Gasteiger partial charge < -0.3 is 10.2 Å². The molecule has 0 fully saturated rings. The normalized spacial score (nSPS) is 13.7. The lowest BCUT2D eigenvalue weighted by molar-refractivity contribution is -0.138. The van der Waals surface area contributed by atoms with E-state index in [0.717, 1.165) is 0 Å². The Balaban J connectivity index is 2.99. The number of rotatable bonds is 5. The number of carbonyl (C=O) groups is 1. The number of aliphatic imine (C=N–C) groups is 1. The molecule has 0 aromatic heterocycles. The zero-order valence-electron chi connectivity index (χ0n) is 10.9. The Bertz CT molecular complexity index is 452. The van der Waals surface area contributed by atoms with Gasteiger partial charge in [-0.2, -0.15) is 0 Å². The molecule has 0 aliphatic rings. The number of carboxylic acid groups (broad SMARTS) is 1. The maximum absolute atomic E-state index is 11.1. The number of carboxylic acids is 1. The molecule has 0 saturated carbocycles. The lowest BCUT2D eigenvalue weighted by Crippen LogP contribution is -2.21. The highest BCUT2D eigenvalue weighted by molar-refractivity contribution is 6.02. The number of para-hydroxylation sites is 1. The van der Waals surface area contributed by atoms with Crippen molar-refractivity contribution >= 4 is 11.7 Å². The van der Waals surface area contributed by atoms with Gasteiger partial charge in [-0.1, -0.05) is 26.0 Å². The Labute approximate surface area is 107 Å². The van der Waals surface area contributed by atoms with Crippen molar-refractivity contribution in [1.82, 2.24) is 0 Å². The van der Waals surface area contributed by atoms with Gasteiger partial charge in [-0.3, -0.25) is 4.99 Å². The molecule has 0 aliphatic carbocycles. The van der Waals surface area contributed by atoms with Gasteiger partial charge in [0.2, 0.25) is 0 Å². The van der Waals surface area contributed by atoms with Gasteiger partial charge in [0, 0.05) is 11.3 Å². The number of hydrogen-bond acceptors (Lipinski definition) is 3. The molecule has 0 bridgehead atoms. The summed E-state index contributed by atoms with van der Waals surface area (Å²) in [6.45, 7) is 5.63. The fraction of sp³-hybridized carbons (Fsp3) is 0.429. The highest BCUT2D eigenvalue weighted by atomic mass is 16.4. The number of hydrogen-bond donors (Lipinski definition) is 2. The van der Waals surface area contributed by atoms with Crippen LogP contribution in [-0.4, -0.2) is 27.9 Å². The monoisotopic (exact) mass is 249 g/mol. The molecule has 2 N–H and O–H groups in total. The van der Waals surface area contributed by atoms with Crippen molar-refractivity contribution in [3.05, 3.63) is 29.8 Å². The lowest BCUT2D eigenvalue weighted by atomic mass is 10.0. The maximum Gasteiger partial charge on any atom is 0.328 e. The van der Waals surface area contributed by atoms with Gasteiger partial charge in [-0.05, 0) is 31.4 Å².